The number of benzene rings is 2. The predicted molar refractivity (Wildman–Crippen MR) is 119 cm³/mol. The third kappa shape index (κ3) is 5.76. The number of hydrogen-bond acceptors (Lipinski definition) is 5. The summed E-state index contributed by atoms with van der Waals surface area (Å²) in [6.07, 6.45) is -0.429. The van der Waals surface area contributed by atoms with Crippen molar-refractivity contribution in [3.05, 3.63) is 87.8 Å². The van der Waals surface area contributed by atoms with Crippen molar-refractivity contribution in [1.82, 2.24) is 15.0 Å². The van der Waals surface area contributed by atoms with E-state index >= 15 is 0 Å². The Morgan fingerprint density at radius 3 is 2.39 bits per heavy atom. The van der Waals surface area contributed by atoms with Crippen LogP contribution in [0.5, 0.6) is 0 Å². The van der Waals surface area contributed by atoms with E-state index in [2.05, 4.69) is 10.1 Å². The molecule has 0 saturated carbocycles. The summed E-state index contributed by atoms with van der Waals surface area (Å²) in [4.78, 5) is 16.5. The SMILES string of the molecule is Cc1cc(C(=O)N2CCN(CC(OCc3c(F)cccc3F)c3ccc(Cl)cc3)CC2)no1. The highest BCUT2D eigenvalue weighted by molar-refractivity contribution is 6.30. The Morgan fingerprint density at radius 2 is 1.79 bits per heavy atom. The van der Waals surface area contributed by atoms with Crippen molar-refractivity contribution in [3.8, 4) is 0 Å². The maximum absolute atomic E-state index is 14.1. The minimum absolute atomic E-state index is 0.102. The Kier molecular flexibility index (Phi) is 7.37. The molecule has 1 saturated heterocycles. The summed E-state index contributed by atoms with van der Waals surface area (Å²) >= 11 is 6.02. The van der Waals surface area contributed by atoms with Crippen molar-refractivity contribution in [3.63, 3.8) is 0 Å². The lowest BCUT2D eigenvalue weighted by molar-refractivity contribution is 0.00136. The molecule has 0 N–H and O–H groups in total. The van der Waals surface area contributed by atoms with E-state index in [9.17, 15) is 13.6 Å². The summed E-state index contributed by atoms with van der Waals surface area (Å²) in [6.45, 7) is 4.36. The van der Waals surface area contributed by atoms with Crippen molar-refractivity contribution < 1.29 is 22.8 Å². The first kappa shape index (κ1) is 23.4. The second kappa shape index (κ2) is 10.4. The van der Waals surface area contributed by atoms with E-state index in [0.717, 1.165) is 5.56 Å². The van der Waals surface area contributed by atoms with Crippen LogP contribution in [0.2, 0.25) is 5.02 Å². The Morgan fingerprint density at radius 1 is 1.12 bits per heavy atom. The first-order valence-corrected chi connectivity index (χ1v) is 11.0. The molecule has 3 aromatic rings. The van der Waals surface area contributed by atoms with Gasteiger partial charge in [0, 0.05) is 49.4 Å². The number of aromatic nitrogens is 1. The number of carbonyl (C=O) groups is 1. The van der Waals surface area contributed by atoms with E-state index in [1.807, 2.05) is 12.1 Å². The predicted octanol–water partition coefficient (Wildman–Crippen LogP) is 4.63. The molecular formula is C24H24ClF2N3O3. The monoisotopic (exact) mass is 475 g/mol. The number of rotatable bonds is 7. The Bertz CT molecular complexity index is 1080. The molecule has 174 valence electrons. The van der Waals surface area contributed by atoms with Gasteiger partial charge in [-0.2, -0.15) is 0 Å². The molecule has 1 amide bonds. The molecule has 0 aliphatic carbocycles. The number of carbonyl (C=O) groups excluding carboxylic acids is 1. The molecule has 1 aromatic heterocycles. The van der Waals surface area contributed by atoms with Crippen LogP contribution in [0, 0.1) is 18.6 Å². The fourth-order valence-electron chi connectivity index (χ4n) is 3.78. The Balaban J connectivity index is 1.41. The number of piperazine rings is 1. The van der Waals surface area contributed by atoms with Gasteiger partial charge in [-0.3, -0.25) is 9.69 Å². The molecule has 1 aliphatic rings. The molecule has 2 heterocycles. The van der Waals surface area contributed by atoms with Crippen molar-refractivity contribution in [2.75, 3.05) is 32.7 Å². The normalized spacial score (nSPS) is 15.6. The van der Waals surface area contributed by atoms with E-state index in [-0.39, 0.29) is 18.1 Å². The molecule has 6 nitrogen and oxygen atoms in total. The molecule has 1 aliphatic heterocycles. The van der Waals surface area contributed by atoms with Gasteiger partial charge in [-0.05, 0) is 36.8 Å². The number of nitrogens with zero attached hydrogens (tertiary/aromatic N) is 3. The van der Waals surface area contributed by atoms with Gasteiger partial charge in [0.05, 0.1) is 12.7 Å². The van der Waals surface area contributed by atoms with E-state index in [1.165, 1.54) is 18.2 Å². The van der Waals surface area contributed by atoms with Crippen LogP contribution in [-0.2, 0) is 11.3 Å². The van der Waals surface area contributed by atoms with Crippen LogP contribution in [0.4, 0.5) is 8.78 Å². The fraction of sp³-hybridized carbons (Fsp3) is 0.333. The van der Waals surface area contributed by atoms with E-state index in [1.54, 1.807) is 30.0 Å². The number of hydrogen-bond donors (Lipinski definition) is 0. The van der Waals surface area contributed by atoms with Gasteiger partial charge < -0.3 is 14.2 Å². The van der Waals surface area contributed by atoms with Gasteiger partial charge in [0.1, 0.15) is 17.4 Å². The average molecular weight is 476 g/mol. The van der Waals surface area contributed by atoms with E-state index in [0.29, 0.717) is 49.2 Å². The first-order chi connectivity index (χ1) is 15.9. The third-order valence-corrected chi connectivity index (χ3v) is 5.91. The van der Waals surface area contributed by atoms with Crippen LogP contribution in [-0.4, -0.2) is 53.6 Å². The molecular weight excluding hydrogens is 452 g/mol. The molecule has 0 bridgehead atoms. The summed E-state index contributed by atoms with van der Waals surface area (Å²) in [7, 11) is 0. The lowest BCUT2D eigenvalue weighted by atomic mass is 10.1. The summed E-state index contributed by atoms with van der Waals surface area (Å²) in [5, 5.41) is 4.39. The maximum atomic E-state index is 14.1. The Labute approximate surface area is 195 Å². The van der Waals surface area contributed by atoms with Gasteiger partial charge >= 0.3 is 0 Å². The second-order valence-electron chi connectivity index (χ2n) is 7.97. The smallest absolute Gasteiger partial charge is 0.276 e. The van der Waals surface area contributed by atoms with Crippen LogP contribution < -0.4 is 0 Å². The van der Waals surface area contributed by atoms with Crippen molar-refractivity contribution >= 4 is 17.5 Å². The quantitative estimate of drug-likeness (QED) is 0.498. The summed E-state index contributed by atoms with van der Waals surface area (Å²) < 4.78 is 39.2. The molecule has 33 heavy (non-hydrogen) atoms. The molecule has 1 fully saturated rings. The lowest BCUT2D eigenvalue weighted by Crippen LogP contribution is -2.49. The highest BCUT2D eigenvalue weighted by Crippen LogP contribution is 2.25. The van der Waals surface area contributed by atoms with Crippen LogP contribution >= 0.6 is 11.6 Å². The van der Waals surface area contributed by atoms with E-state index < -0.39 is 17.7 Å². The highest BCUT2D eigenvalue weighted by atomic mass is 35.5. The van der Waals surface area contributed by atoms with Crippen LogP contribution in [0.15, 0.2) is 53.1 Å². The molecule has 2 aromatic carbocycles. The van der Waals surface area contributed by atoms with Gasteiger partial charge in [0.2, 0.25) is 0 Å². The Hall–Kier alpha value is -2.81. The van der Waals surface area contributed by atoms with Gasteiger partial charge in [-0.25, -0.2) is 8.78 Å². The number of amides is 1. The van der Waals surface area contributed by atoms with Crippen molar-refractivity contribution in [2.45, 2.75) is 19.6 Å². The van der Waals surface area contributed by atoms with Crippen LogP contribution in [0.25, 0.3) is 0 Å². The van der Waals surface area contributed by atoms with Gasteiger partial charge in [0.15, 0.2) is 5.69 Å². The molecule has 1 unspecified atom stereocenters. The highest BCUT2D eigenvalue weighted by Gasteiger charge is 2.26. The molecule has 4 rings (SSSR count). The zero-order valence-electron chi connectivity index (χ0n) is 18.1. The molecule has 0 spiro atoms. The zero-order chi connectivity index (χ0) is 23.4. The summed E-state index contributed by atoms with van der Waals surface area (Å²) in [5.41, 5.74) is 1.05. The topological polar surface area (TPSA) is 58.8 Å². The zero-order valence-corrected chi connectivity index (χ0v) is 18.9. The third-order valence-electron chi connectivity index (χ3n) is 5.66. The molecule has 9 heteroatoms. The first-order valence-electron chi connectivity index (χ1n) is 10.7. The summed E-state index contributed by atoms with van der Waals surface area (Å²) in [5.74, 6) is -0.849. The standard InChI is InChI=1S/C24H24ClF2N3O3/c1-16-13-22(28-33-16)24(31)30-11-9-29(10-12-30)14-23(17-5-7-18(25)8-6-17)32-15-19-20(26)3-2-4-21(19)27/h2-8,13,23H,9-12,14-15H2,1H3. The van der Waals surface area contributed by atoms with E-state index in [4.69, 9.17) is 20.9 Å². The maximum Gasteiger partial charge on any atom is 0.276 e. The summed E-state index contributed by atoms with van der Waals surface area (Å²) in [6, 6.07) is 12.6. The number of ether oxygens (including phenoxy) is 1. The van der Waals surface area contributed by atoms with Gasteiger partial charge in [-0.15, -0.1) is 0 Å². The van der Waals surface area contributed by atoms with Crippen LogP contribution in [0.3, 0.4) is 0 Å². The second-order valence-corrected chi connectivity index (χ2v) is 8.40. The average Bonchev–Trinajstić information content (AvgIpc) is 3.25. The van der Waals surface area contributed by atoms with Crippen molar-refractivity contribution in [1.29, 1.82) is 0 Å². The minimum atomic E-state index is -0.639. The lowest BCUT2D eigenvalue weighted by Gasteiger charge is -2.36. The van der Waals surface area contributed by atoms with Gasteiger partial charge in [-0.1, -0.05) is 35.0 Å². The fourth-order valence-corrected chi connectivity index (χ4v) is 3.91. The minimum Gasteiger partial charge on any atom is -0.367 e. The number of aryl methyl sites for hydroxylation is 1. The molecule has 1 atom stereocenters. The van der Waals surface area contributed by atoms with Gasteiger partial charge in [0.25, 0.3) is 5.91 Å². The molecule has 0 radical (unpaired) electrons. The van der Waals surface area contributed by atoms with Crippen molar-refractivity contribution in [2.24, 2.45) is 0 Å². The largest absolute Gasteiger partial charge is 0.367 e. The van der Waals surface area contributed by atoms with Crippen LogP contribution in [0.1, 0.15) is 33.5 Å². The number of halogens is 3.